The quantitative estimate of drug-likeness (QED) is 0.868. The highest BCUT2D eigenvalue weighted by molar-refractivity contribution is 5.94. The molecule has 1 aromatic carbocycles. The molecule has 1 amide bonds. The van der Waals surface area contributed by atoms with Gasteiger partial charge in [-0.1, -0.05) is 0 Å². The van der Waals surface area contributed by atoms with Gasteiger partial charge in [-0.15, -0.1) is 10.2 Å². The lowest BCUT2D eigenvalue weighted by Gasteiger charge is -2.36. The number of halogens is 2. The van der Waals surface area contributed by atoms with Crippen molar-refractivity contribution in [3.8, 4) is 0 Å². The summed E-state index contributed by atoms with van der Waals surface area (Å²) in [6.45, 7) is 7.38. The van der Waals surface area contributed by atoms with Crippen molar-refractivity contribution in [1.29, 1.82) is 0 Å². The Hall–Kier alpha value is -2.35. The standard InChI is InChI=1S/C19H25F2N5O/c1-12(2)26-11-22-24-18(26)14-5-4-8-25(10-14)13(3)19(27)23-17-9-15(20)6-7-16(17)21/h6-7,9,11-14H,4-5,8,10H2,1-3H3,(H,23,27)/t13-,14+/m1/s1. The van der Waals surface area contributed by atoms with Crippen molar-refractivity contribution >= 4 is 11.6 Å². The number of piperidine rings is 1. The molecular formula is C19H25F2N5O. The maximum Gasteiger partial charge on any atom is 0.241 e. The summed E-state index contributed by atoms with van der Waals surface area (Å²) < 4.78 is 29.2. The van der Waals surface area contributed by atoms with Crippen molar-refractivity contribution in [3.05, 3.63) is 42.0 Å². The molecule has 0 unspecified atom stereocenters. The first kappa shape index (κ1) is 19.4. The van der Waals surface area contributed by atoms with E-state index >= 15 is 0 Å². The average molecular weight is 377 g/mol. The molecule has 2 heterocycles. The smallest absolute Gasteiger partial charge is 0.241 e. The predicted octanol–water partition coefficient (Wildman–Crippen LogP) is 3.34. The van der Waals surface area contributed by atoms with E-state index in [4.69, 9.17) is 0 Å². The number of amides is 1. The first-order chi connectivity index (χ1) is 12.9. The van der Waals surface area contributed by atoms with Gasteiger partial charge in [0.1, 0.15) is 23.8 Å². The van der Waals surface area contributed by atoms with E-state index in [1.54, 1.807) is 13.3 Å². The summed E-state index contributed by atoms with van der Waals surface area (Å²) in [5, 5.41) is 10.8. The van der Waals surface area contributed by atoms with Crippen molar-refractivity contribution in [2.24, 2.45) is 0 Å². The van der Waals surface area contributed by atoms with Crippen molar-refractivity contribution in [3.63, 3.8) is 0 Å². The number of hydrogen-bond donors (Lipinski definition) is 1. The SMILES string of the molecule is CC(C)n1cnnc1[C@H]1CCCN([C@H](C)C(=O)Nc2cc(F)ccc2F)C1. The van der Waals surface area contributed by atoms with Crippen LogP contribution in [-0.4, -0.2) is 44.7 Å². The van der Waals surface area contributed by atoms with E-state index in [9.17, 15) is 13.6 Å². The van der Waals surface area contributed by atoms with Crippen molar-refractivity contribution in [1.82, 2.24) is 19.7 Å². The molecule has 1 aromatic heterocycles. The number of rotatable bonds is 5. The van der Waals surface area contributed by atoms with Crippen LogP contribution in [0, 0.1) is 11.6 Å². The third-order valence-electron chi connectivity index (χ3n) is 5.09. The fourth-order valence-electron chi connectivity index (χ4n) is 3.51. The Morgan fingerprint density at radius 1 is 1.30 bits per heavy atom. The Balaban J connectivity index is 1.69. The van der Waals surface area contributed by atoms with Crippen molar-refractivity contribution < 1.29 is 13.6 Å². The molecule has 2 atom stereocenters. The van der Waals surface area contributed by atoms with E-state index < -0.39 is 17.7 Å². The van der Waals surface area contributed by atoms with E-state index in [0.717, 1.165) is 43.4 Å². The van der Waals surface area contributed by atoms with Crippen LogP contribution in [0.2, 0.25) is 0 Å². The van der Waals surface area contributed by atoms with Gasteiger partial charge in [0.25, 0.3) is 0 Å². The molecule has 27 heavy (non-hydrogen) atoms. The Morgan fingerprint density at radius 3 is 2.81 bits per heavy atom. The molecule has 3 rings (SSSR count). The predicted molar refractivity (Wildman–Crippen MR) is 98.4 cm³/mol. The Kier molecular flexibility index (Phi) is 5.84. The molecule has 1 N–H and O–H groups in total. The van der Waals surface area contributed by atoms with Crippen LogP contribution in [0.3, 0.4) is 0 Å². The van der Waals surface area contributed by atoms with Gasteiger partial charge in [-0.25, -0.2) is 8.78 Å². The summed E-state index contributed by atoms with van der Waals surface area (Å²) in [6.07, 6.45) is 3.65. The second kappa shape index (κ2) is 8.12. The molecule has 1 aliphatic rings. The second-order valence-electron chi connectivity index (χ2n) is 7.31. The minimum Gasteiger partial charge on any atom is -0.322 e. The zero-order chi connectivity index (χ0) is 19.6. The van der Waals surface area contributed by atoms with Gasteiger partial charge >= 0.3 is 0 Å². The number of aromatic nitrogens is 3. The van der Waals surface area contributed by atoms with Crippen molar-refractivity contribution in [2.45, 2.75) is 51.6 Å². The molecule has 2 aromatic rings. The molecule has 146 valence electrons. The molecule has 8 heteroatoms. The number of nitrogens with one attached hydrogen (secondary N) is 1. The fraction of sp³-hybridized carbons (Fsp3) is 0.526. The number of likely N-dealkylation sites (tertiary alicyclic amines) is 1. The number of carbonyl (C=O) groups is 1. The van der Waals surface area contributed by atoms with E-state index in [1.165, 1.54) is 0 Å². The molecule has 1 fully saturated rings. The molecule has 1 saturated heterocycles. The van der Waals surface area contributed by atoms with Crippen LogP contribution in [0.5, 0.6) is 0 Å². The third kappa shape index (κ3) is 4.32. The van der Waals surface area contributed by atoms with E-state index in [0.29, 0.717) is 6.54 Å². The van der Waals surface area contributed by atoms with Crippen molar-refractivity contribution in [2.75, 3.05) is 18.4 Å². The molecule has 1 aliphatic heterocycles. The lowest BCUT2D eigenvalue weighted by atomic mass is 9.95. The fourth-order valence-corrected chi connectivity index (χ4v) is 3.51. The summed E-state index contributed by atoms with van der Waals surface area (Å²) >= 11 is 0. The minimum atomic E-state index is -0.654. The Bertz CT molecular complexity index is 807. The molecule has 0 bridgehead atoms. The van der Waals surface area contributed by atoms with Gasteiger partial charge in [0.2, 0.25) is 5.91 Å². The Labute approximate surface area is 157 Å². The number of anilines is 1. The highest BCUT2D eigenvalue weighted by Crippen LogP contribution is 2.28. The Morgan fingerprint density at radius 2 is 2.07 bits per heavy atom. The first-order valence-electron chi connectivity index (χ1n) is 9.26. The zero-order valence-corrected chi connectivity index (χ0v) is 15.8. The summed E-state index contributed by atoms with van der Waals surface area (Å²) in [5.41, 5.74) is -0.139. The highest BCUT2D eigenvalue weighted by atomic mass is 19.1. The van der Waals surface area contributed by atoms with Crippen LogP contribution in [0.15, 0.2) is 24.5 Å². The van der Waals surface area contributed by atoms with E-state index in [2.05, 4.69) is 38.8 Å². The summed E-state index contributed by atoms with van der Waals surface area (Å²) in [6, 6.07) is 2.82. The van der Waals surface area contributed by atoms with Crippen LogP contribution in [-0.2, 0) is 4.79 Å². The maximum absolute atomic E-state index is 13.8. The van der Waals surface area contributed by atoms with E-state index in [1.807, 2.05) is 0 Å². The van der Waals surface area contributed by atoms with Gasteiger partial charge in [-0.2, -0.15) is 0 Å². The largest absolute Gasteiger partial charge is 0.322 e. The van der Waals surface area contributed by atoms with E-state index in [-0.39, 0.29) is 23.6 Å². The molecular weight excluding hydrogens is 352 g/mol. The third-order valence-corrected chi connectivity index (χ3v) is 5.09. The summed E-state index contributed by atoms with van der Waals surface area (Å²) in [5.74, 6) is -0.488. The molecule has 0 spiro atoms. The first-order valence-corrected chi connectivity index (χ1v) is 9.26. The lowest BCUT2D eigenvalue weighted by molar-refractivity contribution is -0.121. The van der Waals surface area contributed by atoms with Gasteiger partial charge in [-0.05, 0) is 52.3 Å². The van der Waals surface area contributed by atoms with Gasteiger partial charge < -0.3 is 9.88 Å². The highest BCUT2D eigenvalue weighted by Gasteiger charge is 2.31. The monoisotopic (exact) mass is 377 g/mol. The number of nitrogens with zero attached hydrogens (tertiary/aromatic N) is 4. The van der Waals surface area contributed by atoms with Crippen LogP contribution < -0.4 is 5.32 Å². The van der Waals surface area contributed by atoms with Crippen LogP contribution in [0.1, 0.15) is 51.4 Å². The molecule has 0 saturated carbocycles. The summed E-state index contributed by atoms with van der Waals surface area (Å²) in [7, 11) is 0. The second-order valence-corrected chi connectivity index (χ2v) is 7.31. The van der Waals surface area contributed by atoms with Crippen LogP contribution in [0.25, 0.3) is 0 Å². The van der Waals surface area contributed by atoms with Gasteiger partial charge in [0.05, 0.1) is 11.7 Å². The van der Waals surface area contributed by atoms with Crippen LogP contribution >= 0.6 is 0 Å². The lowest BCUT2D eigenvalue weighted by Crippen LogP contribution is -2.47. The van der Waals surface area contributed by atoms with Crippen LogP contribution in [0.4, 0.5) is 14.5 Å². The van der Waals surface area contributed by atoms with Gasteiger partial charge in [-0.3, -0.25) is 9.69 Å². The van der Waals surface area contributed by atoms with Gasteiger partial charge in [0.15, 0.2) is 0 Å². The minimum absolute atomic E-state index is 0.139. The summed E-state index contributed by atoms with van der Waals surface area (Å²) in [4.78, 5) is 14.6. The molecule has 6 nitrogen and oxygen atoms in total. The number of hydrogen-bond acceptors (Lipinski definition) is 4. The topological polar surface area (TPSA) is 63.1 Å². The number of carbonyl (C=O) groups excluding carboxylic acids is 1. The normalized spacial score (nSPS) is 19.3. The zero-order valence-electron chi connectivity index (χ0n) is 15.8. The maximum atomic E-state index is 13.8. The van der Waals surface area contributed by atoms with Gasteiger partial charge in [0, 0.05) is 24.6 Å². The molecule has 0 radical (unpaired) electrons. The number of benzene rings is 1. The molecule has 0 aliphatic carbocycles. The average Bonchev–Trinajstić information content (AvgIpc) is 3.14.